The Morgan fingerprint density at radius 2 is 2.44 bits per heavy atom. The molecule has 0 saturated heterocycles. The van der Waals surface area contributed by atoms with Crippen molar-refractivity contribution in [3.63, 3.8) is 0 Å². The number of nitriles is 1. The van der Waals surface area contributed by atoms with Crippen LogP contribution in [0.3, 0.4) is 0 Å². The van der Waals surface area contributed by atoms with Crippen molar-refractivity contribution in [3.8, 4) is 6.07 Å². The molecule has 1 aliphatic rings. The second-order valence-electron chi connectivity index (χ2n) is 3.87. The first-order valence-electron chi connectivity index (χ1n) is 5.03. The van der Waals surface area contributed by atoms with E-state index in [4.69, 9.17) is 15.9 Å². The molecule has 16 heavy (non-hydrogen) atoms. The summed E-state index contributed by atoms with van der Waals surface area (Å²) in [6.45, 7) is 0.937. The van der Waals surface area contributed by atoms with E-state index in [1.165, 1.54) is 0 Å². The molecular formula is C9H13N5O2. The third-order valence-electron chi connectivity index (χ3n) is 2.71. The average molecular weight is 223 g/mol. The lowest BCUT2D eigenvalue weighted by molar-refractivity contribution is -0.146. The monoisotopic (exact) mass is 223 g/mol. The average Bonchev–Trinajstić information content (AvgIpc) is 2.20. The van der Waals surface area contributed by atoms with Crippen LogP contribution in [-0.4, -0.2) is 29.7 Å². The summed E-state index contributed by atoms with van der Waals surface area (Å²) in [6, 6.07) is 2.11. The molecule has 2 N–H and O–H groups in total. The topological polar surface area (TPSA) is 122 Å². The molecule has 0 bridgehead atoms. The lowest BCUT2D eigenvalue weighted by Gasteiger charge is -2.41. The fourth-order valence-electron chi connectivity index (χ4n) is 1.75. The molecule has 0 spiro atoms. The van der Waals surface area contributed by atoms with Gasteiger partial charge in [0.25, 0.3) is 0 Å². The normalized spacial score (nSPS) is 27.3. The Bertz CT molecular complexity index is 349. The van der Waals surface area contributed by atoms with E-state index in [9.17, 15) is 4.79 Å². The van der Waals surface area contributed by atoms with E-state index in [1.54, 1.807) is 0 Å². The molecule has 86 valence electrons. The van der Waals surface area contributed by atoms with Gasteiger partial charge in [0, 0.05) is 11.5 Å². The van der Waals surface area contributed by atoms with E-state index in [2.05, 4.69) is 21.4 Å². The summed E-state index contributed by atoms with van der Waals surface area (Å²) in [7, 11) is 0. The smallest absolute Gasteiger partial charge is 0.306 e. The van der Waals surface area contributed by atoms with Gasteiger partial charge in [0.1, 0.15) is 5.54 Å². The minimum atomic E-state index is -0.846. The molecule has 1 aliphatic carbocycles. The van der Waals surface area contributed by atoms with Crippen molar-refractivity contribution in [2.75, 3.05) is 13.1 Å². The maximum atomic E-state index is 10.6. The molecule has 0 radical (unpaired) electrons. The molecule has 0 aliphatic heterocycles. The Morgan fingerprint density at radius 1 is 1.75 bits per heavy atom. The van der Waals surface area contributed by atoms with E-state index in [-0.39, 0.29) is 0 Å². The molecule has 0 heterocycles. The van der Waals surface area contributed by atoms with Crippen LogP contribution in [0, 0.1) is 17.2 Å². The minimum absolute atomic E-state index is 0.348. The molecule has 1 rings (SSSR count). The first kappa shape index (κ1) is 12.3. The number of hydrogen-bond donors (Lipinski definition) is 2. The van der Waals surface area contributed by atoms with E-state index in [0.717, 1.165) is 0 Å². The highest BCUT2D eigenvalue weighted by molar-refractivity contribution is 5.72. The Morgan fingerprint density at radius 3 is 2.94 bits per heavy atom. The number of azide groups is 1. The SMILES string of the molecule is N#CC1(NCCCN=[N+]=[N-])CC(C(=O)O)C1. The standard InChI is InChI=1S/C9H13N5O2/c10-6-9(4-7(5-9)8(15)16)12-2-1-3-13-14-11/h7,12H,1-5H2,(H,15,16). The molecule has 1 saturated carbocycles. The molecule has 0 unspecified atom stereocenters. The predicted molar refractivity (Wildman–Crippen MR) is 55.3 cm³/mol. The number of nitrogens with zero attached hydrogens (tertiary/aromatic N) is 4. The number of nitrogens with one attached hydrogen (secondary N) is 1. The van der Waals surface area contributed by atoms with Crippen LogP contribution in [0.1, 0.15) is 19.3 Å². The Kier molecular flexibility index (Phi) is 4.11. The lowest BCUT2D eigenvalue weighted by atomic mass is 9.69. The minimum Gasteiger partial charge on any atom is -0.481 e. The van der Waals surface area contributed by atoms with Crippen molar-refractivity contribution in [1.82, 2.24) is 5.32 Å². The third-order valence-corrected chi connectivity index (χ3v) is 2.71. The van der Waals surface area contributed by atoms with Gasteiger partial charge < -0.3 is 5.11 Å². The van der Waals surface area contributed by atoms with Crippen LogP contribution in [0.15, 0.2) is 5.11 Å². The summed E-state index contributed by atoms with van der Waals surface area (Å²) in [4.78, 5) is 13.2. The van der Waals surface area contributed by atoms with Gasteiger partial charge in [-0.25, -0.2) is 0 Å². The molecule has 0 aromatic carbocycles. The number of carboxylic acids is 1. The first-order valence-corrected chi connectivity index (χ1v) is 5.03. The number of rotatable bonds is 6. The van der Waals surface area contributed by atoms with E-state index in [1.807, 2.05) is 0 Å². The van der Waals surface area contributed by atoms with E-state index < -0.39 is 17.4 Å². The summed E-state index contributed by atoms with van der Waals surface area (Å²) < 4.78 is 0. The summed E-state index contributed by atoms with van der Waals surface area (Å²) in [5, 5.41) is 24.0. The molecule has 7 heteroatoms. The first-order chi connectivity index (χ1) is 7.63. The van der Waals surface area contributed by atoms with Gasteiger partial charge in [-0.15, -0.1) is 0 Å². The Balaban J connectivity index is 2.27. The molecule has 0 atom stereocenters. The van der Waals surface area contributed by atoms with Gasteiger partial charge in [-0.05, 0) is 31.3 Å². The highest BCUT2D eigenvalue weighted by Gasteiger charge is 2.47. The summed E-state index contributed by atoms with van der Waals surface area (Å²) in [6.07, 6.45) is 1.34. The molecule has 0 aromatic rings. The van der Waals surface area contributed by atoms with Crippen LogP contribution in [0.4, 0.5) is 0 Å². The van der Waals surface area contributed by atoms with E-state index in [0.29, 0.717) is 32.4 Å². The lowest BCUT2D eigenvalue weighted by Crippen LogP contribution is -2.56. The molecule has 0 amide bonds. The Hall–Kier alpha value is -1.77. The highest BCUT2D eigenvalue weighted by Crippen LogP contribution is 2.37. The van der Waals surface area contributed by atoms with Gasteiger partial charge in [0.15, 0.2) is 0 Å². The zero-order chi connectivity index (χ0) is 12.0. The van der Waals surface area contributed by atoms with Gasteiger partial charge >= 0.3 is 5.97 Å². The van der Waals surface area contributed by atoms with Gasteiger partial charge in [-0.2, -0.15) is 5.26 Å². The van der Waals surface area contributed by atoms with Crippen molar-refractivity contribution in [2.45, 2.75) is 24.8 Å². The van der Waals surface area contributed by atoms with Gasteiger partial charge in [0.05, 0.1) is 12.0 Å². The number of hydrogen-bond acceptors (Lipinski definition) is 4. The van der Waals surface area contributed by atoms with Crippen LogP contribution >= 0.6 is 0 Å². The zero-order valence-electron chi connectivity index (χ0n) is 8.76. The molecule has 1 fully saturated rings. The predicted octanol–water partition coefficient (Wildman–Crippen LogP) is 1.03. The fourth-order valence-corrected chi connectivity index (χ4v) is 1.75. The quantitative estimate of drug-likeness (QED) is 0.302. The molecule has 7 nitrogen and oxygen atoms in total. The Labute approximate surface area is 92.7 Å². The zero-order valence-corrected chi connectivity index (χ0v) is 8.76. The van der Waals surface area contributed by atoms with Crippen LogP contribution in [-0.2, 0) is 4.79 Å². The van der Waals surface area contributed by atoms with Crippen molar-refractivity contribution >= 4 is 5.97 Å². The summed E-state index contributed by atoms with van der Waals surface area (Å²) in [5.41, 5.74) is 7.35. The largest absolute Gasteiger partial charge is 0.481 e. The van der Waals surface area contributed by atoms with Crippen molar-refractivity contribution in [1.29, 1.82) is 5.26 Å². The summed E-state index contributed by atoms with van der Waals surface area (Å²) in [5.74, 6) is -1.26. The van der Waals surface area contributed by atoms with Crippen molar-refractivity contribution in [3.05, 3.63) is 10.4 Å². The van der Waals surface area contributed by atoms with Crippen LogP contribution in [0.25, 0.3) is 10.4 Å². The fraction of sp³-hybridized carbons (Fsp3) is 0.778. The summed E-state index contributed by atoms with van der Waals surface area (Å²) >= 11 is 0. The van der Waals surface area contributed by atoms with Crippen LogP contribution in [0.2, 0.25) is 0 Å². The highest BCUT2D eigenvalue weighted by atomic mass is 16.4. The third kappa shape index (κ3) is 2.86. The van der Waals surface area contributed by atoms with Crippen LogP contribution < -0.4 is 5.32 Å². The molecule has 0 aromatic heterocycles. The van der Waals surface area contributed by atoms with Crippen LogP contribution in [0.5, 0.6) is 0 Å². The second kappa shape index (κ2) is 5.35. The maximum absolute atomic E-state index is 10.6. The van der Waals surface area contributed by atoms with Gasteiger partial charge in [0.2, 0.25) is 0 Å². The molecular weight excluding hydrogens is 210 g/mol. The van der Waals surface area contributed by atoms with Gasteiger partial charge in [-0.3, -0.25) is 10.1 Å². The number of carboxylic acid groups (broad SMARTS) is 1. The maximum Gasteiger partial charge on any atom is 0.306 e. The van der Waals surface area contributed by atoms with Crippen molar-refractivity contribution in [2.24, 2.45) is 11.0 Å². The van der Waals surface area contributed by atoms with Gasteiger partial charge in [-0.1, -0.05) is 5.11 Å². The number of aliphatic carboxylic acids is 1. The number of carbonyl (C=O) groups is 1. The van der Waals surface area contributed by atoms with Crippen molar-refractivity contribution < 1.29 is 9.90 Å². The van der Waals surface area contributed by atoms with E-state index >= 15 is 0 Å². The second-order valence-corrected chi connectivity index (χ2v) is 3.87.